The number of nitrogens with zero attached hydrogens (tertiary/aromatic N) is 1. The zero-order valence-corrected chi connectivity index (χ0v) is 15.3. The lowest BCUT2D eigenvalue weighted by atomic mass is 10.1. The van der Waals surface area contributed by atoms with Crippen LogP contribution in [0.1, 0.15) is 39.4 Å². The van der Waals surface area contributed by atoms with Crippen molar-refractivity contribution in [2.45, 2.75) is 39.3 Å². The van der Waals surface area contributed by atoms with Gasteiger partial charge in [-0.3, -0.25) is 4.99 Å². The highest BCUT2D eigenvalue weighted by Crippen LogP contribution is 2.16. The SMILES string of the molecule is CCNC(=NCC(O)c1ccccc1F)NC(C)(C)C.I. The molecule has 1 aromatic rings. The molecule has 4 nitrogen and oxygen atoms in total. The molecule has 0 spiro atoms. The number of aliphatic imine (C=N–C) groups is 1. The Balaban J connectivity index is 0.00000400. The monoisotopic (exact) mass is 409 g/mol. The Morgan fingerprint density at radius 1 is 1.33 bits per heavy atom. The molecule has 6 heteroatoms. The second kappa shape index (κ2) is 9.19. The van der Waals surface area contributed by atoms with Gasteiger partial charge in [-0.15, -0.1) is 24.0 Å². The molecule has 0 radical (unpaired) electrons. The number of hydrogen-bond donors (Lipinski definition) is 3. The summed E-state index contributed by atoms with van der Waals surface area (Å²) in [7, 11) is 0. The molecule has 0 aliphatic carbocycles. The lowest BCUT2D eigenvalue weighted by molar-refractivity contribution is 0.182. The molecule has 0 bridgehead atoms. The largest absolute Gasteiger partial charge is 0.386 e. The van der Waals surface area contributed by atoms with E-state index in [-0.39, 0.29) is 41.6 Å². The summed E-state index contributed by atoms with van der Waals surface area (Å²) in [5.41, 5.74) is 0.132. The average molecular weight is 409 g/mol. The molecule has 21 heavy (non-hydrogen) atoms. The Kier molecular flexibility index (Phi) is 8.80. The topological polar surface area (TPSA) is 56.7 Å². The third kappa shape index (κ3) is 7.61. The van der Waals surface area contributed by atoms with Gasteiger partial charge in [-0.2, -0.15) is 0 Å². The van der Waals surface area contributed by atoms with Gasteiger partial charge in [-0.25, -0.2) is 4.39 Å². The number of nitrogens with one attached hydrogen (secondary N) is 2. The van der Waals surface area contributed by atoms with Gasteiger partial charge in [0.2, 0.25) is 0 Å². The maximum absolute atomic E-state index is 13.5. The van der Waals surface area contributed by atoms with E-state index in [1.165, 1.54) is 6.07 Å². The minimum atomic E-state index is -0.952. The highest BCUT2D eigenvalue weighted by Gasteiger charge is 2.14. The first-order chi connectivity index (χ1) is 9.33. The fraction of sp³-hybridized carbons (Fsp3) is 0.533. The Morgan fingerprint density at radius 3 is 2.48 bits per heavy atom. The lowest BCUT2D eigenvalue weighted by Gasteiger charge is -2.24. The summed E-state index contributed by atoms with van der Waals surface area (Å²) in [4.78, 5) is 4.29. The molecule has 0 amide bonds. The van der Waals surface area contributed by atoms with Gasteiger partial charge in [0, 0.05) is 17.6 Å². The Bertz CT molecular complexity index is 460. The van der Waals surface area contributed by atoms with Gasteiger partial charge in [0.15, 0.2) is 5.96 Å². The van der Waals surface area contributed by atoms with Crippen LogP contribution < -0.4 is 10.6 Å². The normalized spacial score (nSPS) is 13.3. The second-order valence-corrected chi connectivity index (χ2v) is 5.63. The van der Waals surface area contributed by atoms with Crippen molar-refractivity contribution in [3.8, 4) is 0 Å². The van der Waals surface area contributed by atoms with E-state index in [1.807, 2.05) is 27.7 Å². The first-order valence-electron chi connectivity index (χ1n) is 6.82. The number of guanidine groups is 1. The van der Waals surface area contributed by atoms with E-state index in [2.05, 4.69) is 15.6 Å². The summed E-state index contributed by atoms with van der Waals surface area (Å²) in [6.45, 7) is 8.85. The highest BCUT2D eigenvalue weighted by atomic mass is 127. The molecule has 3 N–H and O–H groups in total. The molecule has 1 atom stereocenters. The van der Waals surface area contributed by atoms with Crippen LogP contribution in [0.5, 0.6) is 0 Å². The molecular weight excluding hydrogens is 384 g/mol. The molecule has 0 aromatic heterocycles. The van der Waals surface area contributed by atoms with Crippen LogP contribution in [0.15, 0.2) is 29.3 Å². The van der Waals surface area contributed by atoms with Gasteiger partial charge < -0.3 is 15.7 Å². The maximum Gasteiger partial charge on any atom is 0.191 e. The van der Waals surface area contributed by atoms with Crippen LogP contribution in [-0.2, 0) is 0 Å². The van der Waals surface area contributed by atoms with E-state index in [0.717, 1.165) is 6.54 Å². The summed E-state index contributed by atoms with van der Waals surface area (Å²) in [6, 6.07) is 6.20. The van der Waals surface area contributed by atoms with Gasteiger partial charge in [-0.1, -0.05) is 18.2 Å². The smallest absolute Gasteiger partial charge is 0.191 e. The first kappa shape index (κ1) is 20.1. The molecule has 120 valence electrons. The molecule has 1 aromatic carbocycles. The number of benzene rings is 1. The molecule has 0 aliphatic heterocycles. The van der Waals surface area contributed by atoms with E-state index < -0.39 is 11.9 Å². The number of rotatable bonds is 4. The third-order valence-electron chi connectivity index (χ3n) is 2.52. The Hall–Kier alpha value is -0.890. The fourth-order valence-electron chi connectivity index (χ4n) is 1.68. The van der Waals surface area contributed by atoms with Gasteiger partial charge in [-0.05, 0) is 33.8 Å². The van der Waals surface area contributed by atoms with E-state index in [0.29, 0.717) is 5.96 Å². The zero-order valence-electron chi connectivity index (χ0n) is 13.0. The average Bonchev–Trinajstić information content (AvgIpc) is 2.34. The predicted octanol–water partition coefficient (Wildman–Crippen LogP) is 2.83. The van der Waals surface area contributed by atoms with E-state index >= 15 is 0 Å². The highest BCUT2D eigenvalue weighted by molar-refractivity contribution is 14.0. The molecule has 0 fully saturated rings. The van der Waals surface area contributed by atoms with Crippen molar-refractivity contribution >= 4 is 29.9 Å². The number of halogens is 2. The van der Waals surface area contributed by atoms with E-state index in [1.54, 1.807) is 18.2 Å². The van der Waals surface area contributed by atoms with Crippen LogP contribution >= 0.6 is 24.0 Å². The van der Waals surface area contributed by atoms with Crippen molar-refractivity contribution in [2.75, 3.05) is 13.1 Å². The van der Waals surface area contributed by atoms with E-state index in [9.17, 15) is 9.50 Å². The zero-order chi connectivity index (χ0) is 15.2. The fourth-order valence-corrected chi connectivity index (χ4v) is 1.68. The lowest BCUT2D eigenvalue weighted by Crippen LogP contribution is -2.47. The maximum atomic E-state index is 13.5. The number of hydrogen-bond acceptors (Lipinski definition) is 2. The predicted molar refractivity (Wildman–Crippen MR) is 95.6 cm³/mol. The van der Waals surface area contributed by atoms with Gasteiger partial charge >= 0.3 is 0 Å². The summed E-state index contributed by atoms with van der Waals surface area (Å²) in [5, 5.41) is 16.3. The van der Waals surface area contributed by atoms with Crippen LogP contribution in [-0.4, -0.2) is 29.7 Å². The van der Waals surface area contributed by atoms with Gasteiger partial charge in [0.25, 0.3) is 0 Å². The Labute approximate surface area is 143 Å². The quantitative estimate of drug-likeness (QED) is 0.407. The standard InChI is InChI=1S/C15H24FN3O.HI/c1-5-17-14(19-15(2,3)4)18-10-13(20)11-8-6-7-9-12(11)16;/h6-9,13,20H,5,10H2,1-4H3,(H2,17,18,19);1H. The molecule has 0 heterocycles. The van der Waals surface area contributed by atoms with Crippen molar-refractivity contribution in [1.29, 1.82) is 0 Å². The summed E-state index contributed by atoms with van der Waals surface area (Å²) in [6.07, 6.45) is -0.952. The summed E-state index contributed by atoms with van der Waals surface area (Å²) in [5.74, 6) is 0.194. The summed E-state index contributed by atoms with van der Waals surface area (Å²) >= 11 is 0. The molecular formula is C15H25FIN3O. The van der Waals surface area contributed by atoms with Crippen molar-refractivity contribution in [2.24, 2.45) is 4.99 Å². The molecule has 0 aliphatic rings. The Morgan fingerprint density at radius 2 is 1.95 bits per heavy atom. The minimum absolute atomic E-state index is 0. The van der Waals surface area contributed by atoms with Crippen LogP contribution in [0.2, 0.25) is 0 Å². The van der Waals surface area contributed by atoms with Crippen LogP contribution in [0.25, 0.3) is 0 Å². The molecule has 1 unspecified atom stereocenters. The molecule has 1 rings (SSSR count). The van der Waals surface area contributed by atoms with Gasteiger partial charge in [0.1, 0.15) is 11.9 Å². The summed E-state index contributed by atoms with van der Waals surface area (Å²) < 4.78 is 13.5. The minimum Gasteiger partial charge on any atom is -0.386 e. The molecule has 0 saturated heterocycles. The number of aliphatic hydroxyl groups excluding tert-OH is 1. The molecule has 0 saturated carbocycles. The van der Waals surface area contributed by atoms with Crippen LogP contribution in [0.3, 0.4) is 0 Å². The van der Waals surface area contributed by atoms with E-state index in [4.69, 9.17) is 0 Å². The van der Waals surface area contributed by atoms with Crippen molar-refractivity contribution < 1.29 is 9.50 Å². The van der Waals surface area contributed by atoms with Crippen LogP contribution in [0, 0.1) is 5.82 Å². The van der Waals surface area contributed by atoms with Gasteiger partial charge in [0.05, 0.1) is 6.54 Å². The third-order valence-corrected chi connectivity index (χ3v) is 2.52. The van der Waals surface area contributed by atoms with Crippen LogP contribution in [0.4, 0.5) is 4.39 Å². The second-order valence-electron chi connectivity index (χ2n) is 5.63. The van der Waals surface area contributed by atoms with Crippen molar-refractivity contribution in [3.05, 3.63) is 35.6 Å². The first-order valence-corrected chi connectivity index (χ1v) is 6.82. The number of aliphatic hydroxyl groups is 1. The van der Waals surface area contributed by atoms with Crippen molar-refractivity contribution in [3.63, 3.8) is 0 Å². The van der Waals surface area contributed by atoms with Crippen molar-refractivity contribution in [1.82, 2.24) is 10.6 Å².